The van der Waals surface area contributed by atoms with Gasteiger partial charge in [-0.15, -0.1) is 0 Å². The Bertz CT molecular complexity index is 680. The second-order valence-corrected chi connectivity index (χ2v) is 5.18. The number of H-pyrrole nitrogens is 1. The maximum absolute atomic E-state index is 11.9. The molecular formula is C15H19N3O4. The van der Waals surface area contributed by atoms with E-state index in [0.29, 0.717) is 30.3 Å². The zero-order valence-electron chi connectivity index (χ0n) is 12.3. The third-order valence-electron chi connectivity index (χ3n) is 3.58. The van der Waals surface area contributed by atoms with Crippen LogP contribution in [0.5, 0.6) is 0 Å². The van der Waals surface area contributed by atoms with Gasteiger partial charge in [0.25, 0.3) is 5.69 Å². The number of benzene rings is 1. The van der Waals surface area contributed by atoms with Gasteiger partial charge in [-0.3, -0.25) is 14.9 Å². The summed E-state index contributed by atoms with van der Waals surface area (Å²) in [5, 5.41) is 23.7. The van der Waals surface area contributed by atoms with Crippen LogP contribution in [0.1, 0.15) is 25.3 Å². The third kappa shape index (κ3) is 3.82. The molecule has 0 fully saturated rings. The molecule has 22 heavy (non-hydrogen) atoms. The topological polar surface area (TPSA) is 108 Å². The highest BCUT2D eigenvalue weighted by Crippen LogP contribution is 2.23. The van der Waals surface area contributed by atoms with Gasteiger partial charge >= 0.3 is 0 Å². The van der Waals surface area contributed by atoms with E-state index in [1.165, 1.54) is 12.1 Å². The minimum atomic E-state index is -0.456. The standard InChI is InChI=1S/C15H19N3O4/c1-2-12(19)5-6-16-15(20)7-10-9-17-14-4-3-11(18(21)22)8-13(10)14/h3-4,8-9,12,17,19H,2,5-7H2,1H3,(H,16,20). The van der Waals surface area contributed by atoms with Crippen molar-refractivity contribution < 1.29 is 14.8 Å². The average molecular weight is 305 g/mol. The van der Waals surface area contributed by atoms with Crippen LogP contribution in [-0.2, 0) is 11.2 Å². The summed E-state index contributed by atoms with van der Waals surface area (Å²) in [6.07, 6.45) is 2.60. The number of aromatic amines is 1. The Hall–Kier alpha value is -2.41. The molecule has 0 radical (unpaired) electrons. The third-order valence-corrected chi connectivity index (χ3v) is 3.58. The number of carbonyl (C=O) groups is 1. The van der Waals surface area contributed by atoms with E-state index in [4.69, 9.17) is 0 Å². The second kappa shape index (κ2) is 7.04. The SMILES string of the molecule is CCC(O)CCNC(=O)Cc1c[nH]c2ccc([N+](=O)[O-])cc12. The molecule has 1 aromatic carbocycles. The van der Waals surface area contributed by atoms with Crippen molar-refractivity contribution in [1.82, 2.24) is 10.3 Å². The molecular weight excluding hydrogens is 286 g/mol. The Kier molecular flexibility index (Phi) is 5.11. The fourth-order valence-electron chi connectivity index (χ4n) is 2.24. The van der Waals surface area contributed by atoms with Crippen LogP contribution in [0, 0.1) is 10.1 Å². The van der Waals surface area contributed by atoms with Crippen LogP contribution in [0.15, 0.2) is 24.4 Å². The molecule has 0 aliphatic rings. The van der Waals surface area contributed by atoms with Crippen LogP contribution in [0.25, 0.3) is 10.9 Å². The molecule has 1 atom stereocenters. The number of carbonyl (C=O) groups excluding carboxylic acids is 1. The summed E-state index contributed by atoms with van der Waals surface area (Å²) in [6, 6.07) is 4.52. The van der Waals surface area contributed by atoms with E-state index >= 15 is 0 Å². The molecule has 3 N–H and O–H groups in total. The lowest BCUT2D eigenvalue weighted by Gasteiger charge is -2.08. The fourth-order valence-corrected chi connectivity index (χ4v) is 2.24. The Morgan fingerprint density at radius 2 is 2.27 bits per heavy atom. The largest absolute Gasteiger partial charge is 0.393 e. The van der Waals surface area contributed by atoms with E-state index < -0.39 is 11.0 Å². The van der Waals surface area contributed by atoms with Gasteiger partial charge in [0.1, 0.15) is 0 Å². The Morgan fingerprint density at radius 3 is 2.95 bits per heavy atom. The molecule has 1 aromatic heterocycles. The van der Waals surface area contributed by atoms with Gasteiger partial charge in [0.15, 0.2) is 0 Å². The molecule has 2 rings (SSSR count). The first kappa shape index (κ1) is 16.0. The number of rotatable bonds is 7. The van der Waals surface area contributed by atoms with Gasteiger partial charge in [-0.2, -0.15) is 0 Å². The lowest BCUT2D eigenvalue weighted by atomic mass is 10.1. The summed E-state index contributed by atoms with van der Waals surface area (Å²) in [5.74, 6) is -0.171. The van der Waals surface area contributed by atoms with Crippen LogP contribution < -0.4 is 5.32 Å². The summed E-state index contributed by atoms with van der Waals surface area (Å²) in [4.78, 5) is 25.3. The molecule has 0 aliphatic heterocycles. The van der Waals surface area contributed by atoms with Crippen molar-refractivity contribution in [2.75, 3.05) is 6.54 Å². The average Bonchev–Trinajstić information content (AvgIpc) is 2.89. The van der Waals surface area contributed by atoms with Crippen LogP contribution >= 0.6 is 0 Å². The van der Waals surface area contributed by atoms with Crippen molar-refractivity contribution in [3.63, 3.8) is 0 Å². The molecule has 7 heteroatoms. The van der Waals surface area contributed by atoms with E-state index in [2.05, 4.69) is 10.3 Å². The molecule has 7 nitrogen and oxygen atoms in total. The van der Waals surface area contributed by atoms with Crippen LogP contribution in [0.3, 0.4) is 0 Å². The number of hydrogen-bond donors (Lipinski definition) is 3. The highest BCUT2D eigenvalue weighted by atomic mass is 16.6. The molecule has 0 saturated heterocycles. The number of nitro groups is 1. The maximum Gasteiger partial charge on any atom is 0.270 e. The first-order valence-corrected chi connectivity index (χ1v) is 7.20. The number of non-ortho nitro benzene ring substituents is 1. The van der Waals surface area contributed by atoms with Gasteiger partial charge in [0.2, 0.25) is 5.91 Å². The second-order valence-electron chi connectivity index (χ2n) is 5.18. The number of fused-ring (bicyclic) bond motifs is 1. The van der Waals surface area contributed by atoms with Crippen molar-refractivity contribution in [1.29, 1.82) is 0 Å². The number of aliphatic hydroxyl groups excluding tert-OH is 1. The van der Waals surface area contributed by atoms with Gasteiger partial charge in [-0.1, -0.05) is 6.92 Å². The summed E-state index contributed by atoms with van der Waals surface area (Å²) in [5.41, 5.74) is 1.47. The van der Waals surface area contributed by atoms with Gasteiger partial charge in [-0.05, 0) is 24.5 Å². The molecule has 0 spiro atoms. The molecule has 1 heterocycles. The van der Waals surface area contributed by atoms with E-state index in [1.54, 1.807) is 12.3 Å². The van der Waals surface area contributed by atoms with Gasteiger partial charge in [0.05, 0.1) is 17.4 Å². The van der Waals surface area contributed by atoms with Crippen LogP contribution in [0.2, 0.25) is 0 Å². The zero-order chi connectivity index (χ0) is 16.1. The first-order valence-electron chi connectivity index (χ1n) is 7.20. The van der Waals surface area contributed by atoms with Crippen molar-refractivity contribution >= 4 is 22.5 Å². The number of aliphatic hydroxyl groups is 1. The first-order chi connectivity index (χ1) is 10.5. The van der Waals surface area contributed by atoms with Crippen LogP contribution in [-0.4, -0.2) is 33.6 Å². The summed E-state index contributed by atoms with van der Waals surface area (Å²) in [7, 11) is 0. The minimum absolute atomic E-state index is 0.000161. The monoisotopic (exact) mass is 305 g/mol. The van der Waals surface area contributed by atoms with Crippen molar-refractivity contribution in [3.05, 3.63) is 40.1 Å². The minimum Gasteiger partial charge on any atom is -0.393 e. The highest BCUT2D eigenvalue weighted by Gasteiger charge is 2.13. The quantitative estimate of drug-likeness (QED) is 0.536. The molecule has 0 bridgehead atoms. The fraction of sp³-hybridized carbons (Fsp3) is 0.400. The van der Waals surface area contributed by atoms with Crippen LogP contribution in [0.4, 0.5) is 5.69 Å². The molecule has 0 saturated carbocycles. The number of hydrogen-bond acceptors (Lipinski definition) is 4. The number of amides is 1. The Labute approximate surface area is 127 Å². The van der Waals surface area contributed by atoms with Gasteiger partial charge in [-0.25, -0.2) is 0 Å². The highest BCUT2D eigenvalue weighted by molar-refractivity contribution is 5.90. The molecule has 118 valence electrons. The van der Waals surface area contributed by atoms with E-state index in [9.17, 15) is 20.0 Å². The van der Waals surface area contributed by atoms with Crippen molar-refractivity contribution in [2.45, 2.75) is 32.3 Å². The smallest absolute Gasteiger partial charge is 0.270 e. The van der Waals surface area contributed by atoms with E-state index in [-0.39, 0.29) is 18.0 Å². The zero-order valence-corrected chi connectivity index (χ0v) is 12.3. The Balaban J connectivity index is 2.03. The summed E-state index contributed by atoms with van der Waals surface area (Å²) >= 11 is 0. The molecule has 1 unspecified atom stereocenters. The van der Waals surface area contributed by atoms with Gasteiger partial charge in [0, 0.05) is 35.8 Å². The summed E-state index contributed by atoms with van der Waals surface area (Å²) < 4.78 is 0. The molecule has 1 amide bonds. The van der Waals surface area contributed by atoms with Crippen molar-refractivity contribution in [2.24, 2.45) is 0 Å². The molecule has 2 aromatic rings. The van der Waals surface area contributed by atoms with E-state index in [0.717, 1.165) is 5.52 Å². The summed E-state index contributed by atoms with van der Waals surface area (Å²) in [6.45, 7) is 2.29. The number of nitrogens with one attached hydrogen (secondary N) is 2. The number of nitrogens with zero attached hydrogens (tertiary/aromatic N) is 1. The van der Waals surface area contributed by atoms with Crippen molar-refractivity contribution in [3.8, 4) is 0 Å². The predicted octanol–water partition coefficient (Wildman–Crippen LogP) is 1.90. The lowest BCUT2D eigenvalue weighted by molar-refractivity contribution is -0.384. The predicted molar refractivity (Wildman–Crippen MR) is 82.6 cm³/mol. The maximum atomic E-state index is 11.9. The van der Waals surface area contributed by atoms with E-state index in [1.807, 2.05) is 6.92 Å². The van der Waals surface area contributed by atoms with Gasteiger partial charge < -0.3 is 15.4 Å². The normalized spacial score (nSPS) is 12.3. The number of aromatic nitrogens is 1. The molecule has 0 aliphatic carbocycles. The number of nitro benzene ring substituents is 1. The lowest BCUT2D eigenvalue weighted by Crippen LogP contribution is -2.28. The Morgan fingerprint density at radius 1 is 1.50 bits per heavy atom.